The lowest BCUT2D eigenvalue weighted by atomic mass is 10.0. The molecule has 0 saturated heterocycles. The Bertz CT molecular complexity index is 1080. The van der Waals surface area contributed by atoms with Crippen molar-refractivity contribution in [2.75, 3.05) is 11.1 Å². The number of fused-ring (bicyclic) bond motifs is 1. The molecule has 4 aromatic rings. The second-order valence-electron chi connectivity index (χ2n) is 5.65. The smallest absolute Gasteiger partial charge is 0.267 e. The molecule has 0 spiro atoms. The number of carbonyl (C=O) groups excluding carboxylic acids is 1. The predicted molar refractivity (Wildman–Crippen MR) is 104 cm³/mol. The molecule has 0 aliphatic heterocycles. The van der Waals surface area contributed by atoms with Gasteiger partial charge in [-0.2, -0.15) is 0 Å². The molecule has 1 amide bonds. The molecule has 2 aromatic heterocycles. The number of amides is 1. The molecule has 2 heterocycles. The molecule has 126 valence electrons. The summed E-state index contributed by atoms with van der Waals surface area (Å²) in [6, 6.07) is 16.2. The molecule has 4 rings (SSSR count). The minimum Gasteiger partial charge on any atom is -0.413 e. The monoisotopic (exact) mass is 359 g/mol. The summed E-state index contributed by atoms with van der Waals surface area (Å²) < 4.78 is 5.92. The zero-order valence-electron chi connectivity index (χ0n) is 13.5. The number of rotatable bonds is 4. The number of nitrogens with one attached hydrogen (secondary N) is 2. The van der Waals surface area contributed by atoms with Crippen molar-refractivity contribution in [2.24, 2.45) is 0 Å². The van der Waals surface area contributed by atoms with Crippen LogP contribution in [0.3, 0.4) is 0 Å². The molecule has 6 heteroatoms. The number of carbonyl (C=O) groups is 1. The average Bonchev–Trinajstić information content (AvgIpc) is 3.32. The van der Waals surface area contributed by atoms with Gasteiger partial charge in [0, 0.05) is 38.3 Å². The highest BCUT2D eigenvalue weighted by atomic mass is 32.1. The van der Waals surface area contributed by atoms with Crippen LogP contribution in [0.5, 0.6) is 0 Å². The van der Waals surface area contributed by atoms with E-state index in [0.717, 1.165) is 20.5 Å². The largest absolute Gasteiger partial charge is 0.413 e. The third-order valence-corrected chi connectivity index (χ3v) is 5.13. The fourth-order valence-corrected chi connectivity index (χ4v) is 3.79. The molecule has 4 N–H and O–H groups in total. The SMILES string of the molecule is N=Cc1cc(NC(=O)c2c#coc2)cc(-c2cc3ccccc3s2)c1N. The van der Waals surface area contributed by atoms with Crippen LogP contribution < -0.4 is 11.1 Å². The number of hydrogen-bond acceptors (Lipinski definition) is 5. The van der Waals surface area contributed by atoms with Crippen LogP contribution in [0.25, 0.3) is 20.5 Å². The quantitative estimate of drug-likeness (QED) is 0.367. The molecule has 5 nitrogen and oxygen atoms in total. The van der Waals surface area contributed by atoms with Crippen molar-refractivity contribution in [1.82, 2.24) is 0 Å². The van der Waals surface area contributed by atoms with Crippen molar-refractivity contribution in [1.29, 1.82) is 5.41 Å². The summed E-state index contributed by atoms with van der Waals surface area (Å²) in [5, 5.41) is 11.5. The molecule has 0 bridgehead atoms. The van der Waals surface area contributed by atoms with E-state index in [9.17, 15) is 4.79 Å². The van der Waals surface area contributed by atoms with Crippen LogP contribution in [-0.2, 0) is 0 Å². The topological polar surface area (TPSA) is 92.1 Å². The molecule has 0 atom stereocenters. The Labute approximate surface area is 153 Å². The van der Waals surface area contributed by atoms with Gasteiger partial charge >= 0.3 is 0 Å². The van der Waals surface area contributed by atoms with Gasteiger partial charge in [0.2, 0.25) is 0 Å². The highest BCUT2D eigenvalue weighted by Crippen LogP contribution is 2.38. The lowest BCUT2D eigenvalue weighted by Crippen LogP contribution is -2.11. The van der Waals surface area contributed by atoms with E-state index in [4.69, 9.17) is 15.6 Å². The lowest BCUT2D eigenvalue weighted by Gasteiger charge is -2.11. The van der Waals surface area contributed by atoms with E-state index in [1.807, 2.05) is 30.3 Å². The number of nitrogen functional groups attached to an aromatic ring is 1. The maximum absolute atomic E-state index is 12.2. The van der Waals surface area contributed by atoms with Gasteiger partial charge in [-0.1, -0.05) is 18.2 Å². The summed E-state index contributed by atoms with van der Waals surface area (Å²) in [4.78, 5) is 13.2. The van der Waals surface area contributed by atoms with Gasteiger partial charge in [-0.05, 0) is 35.7 Å². The maximum Gasteiger partial charge on any atom is 0.267 e. The van der Waals surface area contributed by atoms with Crippen molar-refractivity contribution >= 4 is 44.9 Å². The summed E-state index contributed by atoms with van der Waals surface area (Å²) in [5.74, 6) is -0.363. The fourth-order valence-electron chi connectivity index (χ4n) is 2.70. The molecule has 0 saturated carbocycles. The summed E-state index contributed by atoms with van der Waals surface area (Å²) in [6.45, 7) is 0. The first-order valence-electron chi connectivity index (χ1n) is 7.77. The van der Waals surface area contributed by atoms with Gasteiger partial charge in [0.05, 0.1) is 0 Å². The molecule has 0 unspecified atom stereocenters. The molecule has 26 heavy (non-hydrogen) atoms. The van der Waals surface area contributed by atoms with Gasteiger partial charge in [0.15, 0.2) is 0 Å². The van der Waals surface area contributed by atoms with E-state index in [2.05, 4.69) is 23.7 Å². The highest BCUT2D eigenvalue weighted by Gasteiger charge is 2.14. The number of anilines is 2. The molecular formula is C20H13N3O2S. The second-order valence-corrected chi connectivity index (χ2v) is 6.73. The van der Waals surface area contributed by atoms with Crippen molar-refractivity contribution < 1.29 is 9.21 Å². The zero-order valence-corrected chi connectivity index (χ0v) is 14.3. The maximum atomic E-state index is 12.2. The standard InChI is InChI=1S/C20H13N3O2S/c21-10-14-7-15(23-20(24)13-5-6-25-11-13)9-16(19(14)22)18-8-12-3-1-2-4-17(12)26-18/h1-4,7-11,21H,22H2,(H,23,24). The third-order valence-electron chi connectivity index (χ3n) is 3.98. The van der Waals surface area contributed by atoms with E-state index in [1.165, 1.54) is 12.5 Å². The summed E-state index contributed by atoms with van der Waals surface area (Å²) in [5.41, 5.74) is 8.89. The van der Waals surface area contributed by atoms with Crippen molar-refractivity contribution in [3.8, 4) is 10.4 Å². The van der Waals surface area contributed by atoms with Crippen molar-refractivity contribution in [3.05, 3.63) is 72.2 Å². The molecule has 2 aromatic carbocycles. The average molecular weight is 359 g/mol. The minimum absolute atomic E-state index is 0.252. The second kappa shape index (κ2) is 6.39. The van der Waals surface area contributed by atoms with Gasteiger partial charge in [-0.15, -0.1) is 11.3 Å². The van der Waals surface area contributed by atoms with E-state index in [0.29, 0.717) is 16.9 Å². The number of benzene rings is 2. The van der Waals surface area contributed by atoms with Gasteiger partial charge in [0.1, 0.15) is 18.1 Å². The van der Waals surface area contributed by atoms with E-state index in [-0.39, 0.29) is 11.5 Å². The number of hydrogen-bond donors (Lipinski definition) is 3. The number of thiophene rings is 1. The summed E-state index contributed by atoms with van der Waals surface area (Å²) in [7, 11) is 0. The van der Waals surface area contributed by atoms with Crippen LogP contribution in [-0.4, -0.2) is 12.1 Å². The Kier molecular flexibility index (Phi) is 3.92. The van der Waals surface area contributed by atoms with Crippen LogP contribution in [0.1, 0.15) is 15.9 Å². The van der Waals surface area contributed by atoms with Crippen LogP contribution in [0.15, 0.2) is 53.1 Å². The lowest BCUT2D eigenvalue weighted by molar-refractivity contribution is 0.102. The fraction of sp³-hybridized carbons (Fsp3) is 0. The van der Waals surface area contributed by atoms with Crippen molar-refractivity contribution in [3.63, 3.8) is 0 Å². The Balaban J connectivity index is 1.78. The van der Waals surface area contributed by atoms with Gasteiger partial charge in [-0.3, -0.25) is 4.79 Å². The minimum atomic E-state index is -0.363. The highest BCUT2D eigenvalue weighted by molar-refractivity contribution is 7.22. The molecule has 0 radical (unpaired) electrons. The van der Waals surface area contributed by atoms with E-state index < -0.39 is 0 Å². The molecule has 0 aliphatic carbocycles. The Morgan fingerprint density at radius 2 is 2.12 bits per heavy atom. The zero-order chi connectivity index (χ0) is 18.1. The summed E-state index contributed by atoms with van der Waals surface area (Å²) in [6.07, 6.45) is 4.82. The van der Waals surface area contributed by atoms with Crippen LogP contribution >= 0.6 is 11.3 Å². The normalized spacial score (nSPS) is 10.5. The van der Waals surface area contributed by atoms with Crippen LogP contribution in [0, 0.1) is 17.7 Å². The van der Waals surface area contributed by atoms with Gasteiger partial charge in [-0.25, -0.2) is 0 Å². The van der Waals surface area contributed by atoms with Crippen molar-refractivity contribution in [2.45, 2.75) is 0 Å². The van der Waals surface area contributed by atoms with E-state index in [1.54, 1.807) is 17.4 Å². The molecule has 0 aliphatic rings. The van der Waals surface area contributed by atoms with Crippen LogP contribution in [0.2, 0.25) is 0 Å². The Hall–Kier alpha value is -3.56. The Morgan fingerprint density at radius 1 is 1.27 bits per heavy atom. The first kappa shape index (κ1) is 15.9. The third kappa shape index (κ3) is 2.81. The first-order chi connectivity index (χ1) is 12.7. The Morgan fingerprint density at radius 3 is 2.85 bits per heavy atom. The predicted octanol–water partition coefficient (Wildman–Crippen LogP) is 4.59. The van der Waals surface area contributed by atoms with Gasteiger partial charge in [0.25, 0.3) is 5.91 Å². The molecular weight excluding hydrogens is 346 g/mol. The first-order valence-corrected chi connectivity index (χ1v) is 8.58. The summed E-state index contributed by atoms with van der Waals surface area (Å²) >= 11 is 1.62. The molecule has 0 fully saturated rings. The van der Waals surface area contributed by atoms with Gasteiger partial charge < -0.3 is 20.9 Å². The number of nitrogens with two attached hydrogens (primary N) is 1. The van der Waals surface area contributed by atoms with E-state index >= 15 is 0 Å². The van der Waals surface area contributed by atoms with Crippen LogP contribution in [0.4, 0.5) is 11.4 Å².